The van der Waals surface area contributed by atoms with Gasteiger partial charge in [0.05, 0.1) is 0 Å². The van der Waals surface area contributed by atoms with Crippen LogP contribution in [0.3, 0.4) is 0 Å². The molecule has 1 aliphatic heterocycles. The molecule has 2 heterocycles. The topological polar surface area (TPSA) is 80.9 Å². The molecular weight excluding hydrogens is 244 g/mol. The fourth-order valence-electron chi connectivity index (χ4n) is 1.60. The number of nitrogens with one attached hydrogen (secondary N) is 1. The third kappa shape index (κ3) is 1.75. The van der Waals surface area contributed by atoms with Gasteiger partial charge in [-0.15, -0.1) is 4.40 Å². The lowest BCUT2D eigenvalue weighted by molar-refractivity contribution is 0.306. The number of amidine groups is 1. The largest absolute Gasteiger partial charge is 0.423 e. The first-order valence-electron chi connectivity index (χ1n) is 4.71. The molecular formula is C10H6N2O4S. The van der Waals surface area contributed by atoms with Crippen LogP contribution in [0.5, 0.6) is 0 Å². The molecule has 1 unspecified atom stereocenters. The van der Waals surface area contributed by atoms with Crippen LogP contribution in [0, 0.1) is 0 Å². The molecule has 0 spiro atoms. The third-order valence-electron chi connectivity index (χ3n) is 2.28. The molecule has 6 nitrogen and oxygen atoms in total. The average Bonchev–Trinajstić information content (AvgIpc) is 2.74. The molecule has 3 rings (SSSR count). The zero-order valence-electron chi connectivity index (χ0n) is 8.38. The van der Waals surface area contributed by atoms with Crippen molar-refractivity contribution in [3.8, 4) is 0 Å². The molecule has 2 aromatic rings. The van der Waals surface area contributed by atoms with Gasteiger partial charge in [-0.05, 0) is 6.07 Å². The molecule has 0 aliphatic carbocycles. The van der Waals surface area contributed by atoms with E-state index in [2.05, 4.69) is 14.2 Å². The summed E-state index contributed by atoms with van der Waals surface area (Å²) < 4.78 is 24.3. The second-order valence-electron chi connectivity index (χ2n) is 3.32. The van der Waals surface area contributed by atoms with Crippen molar-refractivity contribution in [3.63, 3.8) is 0 Å². The van der Waals surface area contributed by atoms with Crippen molar-refractivity contribution in [2.24, 2.45) is 4.40 Å². The summed E-state index contributed by atoms with van der Waals surface area (Å²) in [5.41, 5.74) is 2.86. The summed E-state index contributed by atoms with van der Waals surface area (Å²) in [7, 11) is 0. The monoisotopic (exact) mass is 250 g/mol. The van der Waals surface area contributed by atoms with E-state index in [4.69, 9.17) is 4.42 Å². The van der Waals surface area contributed by atoms with Gasteiger partial charge in [0.15, 0.2) is 5.84 Å². The van der Waals surface area contributed by atoms with E-state index in [1.54, 1.807) is 24.3 Å². The molecule has 1 atom stereocenters. The Morgan fingerprint density at radius 3 is 2.88 bits per heavy atom. The average molecular weight is 250 g/mol. The molecule has 17 heavy (non-hydrogen) atoms. The lowest BCUT2D eigenvalue weighted by Crippen LogP contribution is -2.19. The smallest absolute Gasteiger partial charge is 0.336 e. The van der Waals surface area contributed by atoms with E-state index in [9.17, 15) is 9.00 Å². The van der Waals surface area contributed by atoms with E-state index < -0.39 is 16.9 Å². The van der Waals surface area contributed by atoms with Crippen LogP contribution in [-0.2, 0) is 15.6 Å². The van der Waals surface area contributed by atoms with Crippen molar-refractivity contribution >= 4 is 28.1 Å². The van der Waals surface area contributed by atoms with E-state index >= 15 is 0 Å². The highest BCUT2D eigenvalue weighted by Gasteiger charge is 2.18. The first-order valence-corrected chi connectivity index (χ1v) is 5.74. The third-order valence-corrected chi connectivity index (χ3v) is 2.84. The second kappa shape index (κ2) is 3.79. The van der Waals surface area contributed by atoms with Gasteiger partial charge in [0.25, 0.3) is 0 Å². The van der Waals surface area contributed by atoms with E-state index in [-0.39, 0.29) is 5.84 Å². The molecule has 0 saturated heterocycles. The normalized spacial score (nSPS) is 19.1. The molecule has 1 N–H and O–H groups in total. The van der Waals surface area contributed by atoms with Gasteiger partial charge in [0.2, 0.25) is 0 Å². The molecule has 1 aromatic carbocycles. The van der Waals surface area contributed by atoms with Crippen LogP contribution in [0.4, 0.5) is 0 Å². The Morgan fingerprint density at radius 2 is 2.12 bits per heavy atom. The summed E-state index contributed by atoms with van der Waals surface area (Å²) in [6, 6.07) is 8.29. The maximum Gasteiger partial charge on any atom is 0.336 e. The summed E-state index contributed by atoms with van der Waals surface area (Å²) in [5.74, 6) is 0.257. The van der Waals surface area contributed by atoms with Gasteiger partial charge >= 0.3 is 16.9 Å². The number of hydrogen-bond acceptors (Lipinski definition) is 5. The SMILES string of the molecule is O=c1cc(C2=NS(=O)ON2)c2ccccc2o1. The van der Waals surface area contributed by atoms with E-state index in [0.717, 1.165) is 0 Å². The van der Waals surface area contributed by atoms with Crippen molar-refractivity contribution in [1.82, 2.24) is 5.48 Å². The van der Waals surface area contributed by atoms with Crippen LogP contribution >= 0.6 is 0 Å². The zero-order chi connectivity index (χ0) is 11.8. The summed E-state index contributed by atoms with van der Waals surface area (Å²) in [5, 5.41) is 0.695. The minimum atomic E-state index is -1.76. The molecule has 0 bridgehead atoms. The van der Waals surface area contributed by atoms with Crippen molar-refractivity contribution in [2.75, 3.05) is 0 Å². The number of benzene rings is 1. The Kier molecular flexibility index (Phi) is 2.27. The number of nitrogens with zero attached hydrogens (tertiary/aromatic N) is 1. The molecule has 0 fully saturated rings. The standard InChI is InChI=1S/C10H6N2O4S/c13-9-5-7(10-11-16-17(14)12-10)6-3-1-2-4-8(6)15-9/h1-5H,(H,11,12). The fourth-order valence-corrected chi connectivity index (χ4v) is 2.07. The molecule has 1 aromatic heterocycles. The first-order chi connectivity index (χ1) is 8.24. The van der Waals surface area contributed by atoms with E-state index in [1.165, 1.54) is 6.07 Å². The number of rotatable bonds is 1. The van der Waals surface area contributed by atoms with Gasteiger partial charge in [-0.1, -0.05) is 18.2 Å². The van der Waals surface area contributed by atoms with Crippen LogP contribution in [0.25, 0.3) is 11.0 Å². The quantitative estimate of drug-likeness (QED) is 0.752. The lowest BCUT2D eigenvalue weighted by atomic mass is 10.1. The van der Waals surface area contributed by atoms with Gasteiger partial charge in [-0.2, -0.15) is 4.28 Å². The van der Waals surface area contributed by atoms with Crippen LogP contribution < -0.4 is 11.1 Å². The van der Waals surface area contributed by atoms with Crippen molar-refractivity contribution < 1.29 is 12.9 Å². The molecule has 0 amide bonds. The minimum absolute atomic E-state index is 0.257. The van der Waals surface area contributed by atoms with E-state index in [1.807, 2.05) is 0 Å². The Hall–Kier alpha value is -1.99. The predicted molar refractivity (Wildman–Crippen MR) is 61.4 cm³/mol. The molecule has 1 aliphatic rings. The maximum atomic E-state index is 11.4. The van der Waals surface area contributed by atoms with Gasteiger partial charge in [-0.3, -0.25) is 0 Å². The molecule has 0 saturated carbocycles. The number of hydrogen-bond donors (Lipinski definition) is 1. The summed E-state index contributed by atoms with van der Waals surface area (Å²) in [6.45, 7) is 0. The minimum Gasteiger partial charge on any atom is -0.423 e. The van der Waals surface area contributed by atoms with Crippen LogP contribution in [0.1, 0.15) is 5.56 Å². The summed E-state index contributed by atoms with van der Waals surface area (Å²) in [6.07, 6.45) is 0. The summed E-state index contributed by atoms with van der Waals surface area (Å²) >= 11 is -1.76. The summed E-state index contributed by atoms with van der Waals surface area (Å²) in [4.78, 5) is 11.4. The maximum absolute atomic E-state index is 11.4. The lowest BCUT2D eigenvalue weighted by Gasteiger charge is -2.03. The van der Waals surface area contributed by atoms with E-state index in [0.29, 0.717) is 16.5 Å². The first kappa shape index (κ1) is 10.2. The van der Waals surface area contributed by atoms with Gasteiger partial charge in [-0.25, -0.2) is 14.5 Å². The van der Waals surface area contributed by atoms with Crippen molar-refractivity contribution in [3.05, 3.63) is 46.3 Å². The van der Waals surface area contributed by atoms with Gasteiger partial charge in [0, 0.05) is 17.0 Å². The zero-order valence-corrected chi connectivity index (χ0v) is 9.19. The molecule has 0 radical (unpaired) electrons. The van der Waals surface area contributed by atoms with Crippen LogP contribution in [-0.4, -0.2) is 10.0 Å². The van der Waals surface area contributed by atoms with Crippen LogP contribution in [0.2, 0.25) is 0 Å². The van der Waals surface area contributed by atoms with Gasteiger partial charge in [0.1, 0.15) is 5.58 Å². The predicted octanol–water partition coefficient (Wildman–Crippen LogP) is 0.653. The Labute approximate surface area is 97.7 Å². The highest BCUT2D eigenvalue weighted by molar-refractivity contribution is 7.79. The number of fused-ring (bicyclic) bond motifs is 1. The highest BCUT2D eigenvalue weighted by atomic mass is 32.2. The Balaban J connectivity index is 2.32. The number of hydroxylamine groups is 1. The second-order valence-corrected chi connectivity index (χ2v) is 4.10. The van der Waals surface area contributed by atoms with Crippen molar-refractivity contribution in [1.29, 1.82) is 0 Å². The molecule has 7 heteroatoms. The molecule has 86 valence electrons. The van der Waals surface area contributed by atoms with Crippen LogP contribution in [0.15, 0.2) is 43.9 Å². The van der Waals surface area contributed by atoms with Gasteiger partial charge < -0.3 is 4.42 Å². The fraction of sp³-hybridized carbons (Fsp3) is 0. The Morgan fingerprint density at radius 1 is 1.29 bits per heavy atom. The number of para-hydroxylation sites is 1. The Bertz CT molecular complexity index is 707. The highest BCUT2D eigenvalue weighted by Crippen LogP contribution is 2.18. The van der Waals surface area contributed by atoms with Crippen molar-refractivity contribution in [2.45, 2.75) is 0 Å².